The average molecular weight is 336 g/mol. The van der Waals surface area contributed by atoms with Crippen LogP contribution < -0.4 is 10.1 Å². The molecule has 3 rings (SSSR count). The zero-order valence-electron chi connectivity index (χ0n) is 14.3. The van der Waals surface area contributed by atoms with Crippen LogP contribution >= 0.6 is 0 Å². The Morgan fingerprint density at radius 3 is 2.96 bits per heavy atom. The Balaban J connectivity index is 1.80. The van der Waals surface area contributed by atoms with Crippen LogP contribution in [0.1, 0.15) is 29.2 Å². The summed E-state index contributed by atoms with van der Waals surface area (Å²) >= 11 is 0. The Morgan fingerprint density at radius 2 is 2.28 bits per heavy atom. The van der Waals surface area contributed by atoms with Crippen LogP contribution in [0.15, 0.2) is 42.7 Å². The molecule has 0 aliphatic carbocycles. The number of pyridine rings is 1. The number of nitriles is 1. The number of carbonyl (C=O) groups is 1. The minimum Gasteiger partial charge on any atom is -0.496 e. The molecule has 0 saturated carbocycles. The molecule has 1 saturated heterocycles. The van der Waals surface area contributed by atoms with Crippen molar-refractivity contribution < 1.29 is 9.53 Å². The van der Waals surface area contributed by atoms with Crippen molar-refractivity contribution in [3.63, 3.8) is 0 Å². The fourth-order valence-corrected chi connectivity index (χ4v) is 3.29. The lowest BCUT2D eigenvalue weighted by Crippen LogP contribution is -2.35. The topological polar surface area (TPSA) is 78.2 Å². The highest BCUT2D eigenvalue weighted by atomic mass is 16.5. The van der Waals surface area contributed by atoms with Gasteiger partial charge >= 0.3 is 0 Å². The van der Waals surface area contributed by atoms with Gasteiger partial charge < -0.3 is 15.0 Å². The molecule has 6 nitrogen and oxygen atoms in total. The summed E-state index contributed by atoms with van der Waals surface area (Å²) in [4.78, 5) is 18.1. The Bertz CT molecular complexity index is 801. The van der Waals surface area contributed by atoms with Crippen LogP contribution in [-0.4, -0.2) is 36.0 Å². The lowest BCUT2D eigenvalue weighted by Gasteiger charge is -2.26. The number of amides is 1. The predicted molar refractivity (Wildman–Crippen MR) is 92.7 cm³/mol. The van der Waals surface area contributed by atoms with Gasteiger partial charge in [0, 0.05) is 44.0 Å². The van der Waals surface area contributed by atoms with Gasteiger partial charge in [-0.1, -0.05) is 6.07 Å². The van der Waals surface area contributed by atoms with E-state index in [0.717, 1.165) is 16.9 Å². The van der Waals surface area contributed by atoms with Crippen LogP contribution in [0.25, 0.3) is 0 Å². The second kappa shape index (κ2) is 7.32. The Hall–Kier alpha value is -2.91. The van der Waals surface area contributed by atoms with E-state index in [1.807, 2.05) is 25.2 Å². The van der Waals surface area contributed by atoms with Gasteiger partial charge in [-0.05, 0) is 29.8 Å². The number of nitrogens with zero attached hydrogens (tertiary/aromatic N) is 3. The van der Waals surface area contributed by atoms with Crippen LogP contribution in [0.3, 0.4) is 0 Å². The zero-order valence-corrected chi connectivity index (χ0v) is 14.3. The smallest absolute Gasteiger partial charge is 0.224 e. The van der Waals surface area contributed by atoms with Crippen molar-refractivity contribution in [1.29, 1.82) is 5.26 Å². The minimum atomic E-state index is -0.0636. The summed E-state index contributed by atoms with van der Waals surface area (Å²) in [5.41, 5.74) is 2.49. The normalized spacial score (nSPS) is 19.7. The van der Waals surface area contributed by atoms with Crippen molar-refractivity contribution in [1.82, 2.24) is 15.2 Å². The molecule has 0 radical (unpaired) electrons. The predicted octanol–water partition coefficient (Wildman–Crippen LogP) is 2.02. The van der Waals surface area contributed by atoms with E-state index in [1.165, 1.54) is 0 Å². The third-order valence-corrected chi connectivity index (χ3v) is 4.58. The number of likely N-dealkylation sites (tertiary alicyclic amines) is 1. The van der Waals surface area contributed by atoms with E-state index in [0.29, 0.717) is 18.5 Å². The van der Waals surface area contributed by atoms with E-state index in [2.05, 4.69) is 16.4 Å². The average Bonchev–Trinajstić information content (AvgIpc) is 2.94. The lowest BCUT2D eigenvalue weighted by molar-refractivity contribution is -0.127. The quantitative estimate of drug-likeness (QED) is 0.904. The summed E-state index contributed by atoms with van der Waals surface area (Å²) in [7, 11) is 3.43. The molecule has 0 spiro atoms. The van der Waals surface area contributed by atoms with Gasteiger partial charge in [-0.2, -0.15) is 5.26 Å². The second-order valence-corrected chi connectivity index (χ2v) is 6.07. The Morgan fingerprint density at radius 1 is 1.44 bits per heavy atom. The first-order chi connectivity index (χ1) is 12.1. The summed E-state index contributed by atoms with van der Waals surface area (Å²) in [6.07, 6.45) is 3.95. The van der Waals surface area contributed by atoms with Crippen molar-refractivity contribution in [2.75, 3.05) is 14.2 Å². The first-order valence-corrected chi connectivity index (χ1v) is 8.10. The SMILES string of the molecule is COc1ccc(C#N)cc1CN[C@@H]1CC(=O)N(C)[C@H]1c1cccnc1. The monoisotopic (exact) mass is 336 g/mol. The van der Waals surface area contributed by atoms with E-state index in [9.17, 15) is 4.79 Å². The fourth-order valence-electron chi connectivity index (χ4n) is 3.29. The first kappa shape index (κ1) is 16.9. The number of aromatic nitrogens is 1. The van der Waals surface area contributed by atoms with Gasteiger partial charge in [0.25, 0.3) is 0 Å². The molecule has 1 aliphatic rings. The molecular weight excluding hydrogens is 316 g/mol. The van der Waals surface area contributed by atoms with E-state index in [1.54, 1.807) is 36.5 Å². The van der Waals surface area contributed by atoms with Crippen LogP contribution in [0.5, 0.6) is 5.75 Å². The number of carbonyl (C=O) groups excluding carboxylic acids is 1. The summed E-state index contributed by atoms with van der Waals surface area (Å²) in [5.74, 6) is 0.825. The van der Waals surface area contributed by atoms with E-state index < -0.39 is 0 Å². The number of rotatable bonds is 5. The van der Waals surface area contributed by atoms with Crippen molar-refractivity contribution >= 4 is 5.91 Å². The molecule has 2 atom stereocenters. The van der Waals surface area contributed by atoms with Gasteiger partial charge in [-0.3, -0.25) is 9.78 Å². The number of benzene rings is 1. The minimum absolute atomic E-state index is 0.0304. The van der Waals surface area contributed by atoms with Crippen molar-refractivity contribution in [3.05, 3.63) is 59.4 Å². The molecule has 1 aromatic carbocycles. The number of likely N-dealkylation sites (N-methyl/N-ethyl adjacent to an activating group) is 1. The van der Waals surface area contributed by atoms with E-state index >= 15 is 0 Å². The molecule has 6 heteroatoms. The van der Waals surface area contributed by atoms with E-state index in [-0.39, 0.29) is 18.0 Å². The summed E-state index contributed by atoms with van der Waals surface area (Å²) in [5, 5.41) is 12.5. The Labute approximate surface area is 147 Å². The van der Waals surface area contributed by atoms with Gasteiger partial charge in [0.2, 0.25) is 5.91 Å². The van der Waals surface area contributed by atoms with Crippen molar-refractivity contribution in [2.24, 2.45) is 0 Å². The van der Waals surface area contributed by atoms with Gasteiger partial charge in [0.15, 0.2) is 0 Å². The van der Waals surface area contributed by atoms with Crippen LogP contribution in [0.4, 0.5) is 0 Å². The third-order valence-electron chi connectivity index (χ3n) is 4.58. The number of nitrogens with one attached hydrogen (secondary N) is 1. The van der Waals surface area contributed by atoms with Gasteiger partial charge in [0.05, 0.1) is 24.8 Å². The molecule has 1 aromatic heterocycles. The number of hydrogen-bond acceptors (Lipinski definition) is 5. The highest BCUT2D eigenvalue weighted by molar-refractivity contribution is 5.80. The van der Waals surface area contributed by atoms with Gasteiger partial charge in [-0.15, -0.1) is 0 Å². The highest BCUT2D eigenvalue weighted by Gasteiger charge is 2.38. The van der Waals surface area contributed by atoms with Crippen molar-refractivity contribution in [2.45, 2.75) is 25.0 Å². The molecule has 1 amide bonds. The molecule has 0 bridgehead atoms. The zero-order chi connectivity index (χ0) is 17.8. The molecular formula is C19H20N4O2. The number of methoxy groups -OCH3 is 1. The summed E-state index contributed by atoms with van der Waals surface area (Å²) in [6, 6.07) is 11.2. The fraction of sp³-hybridized carbons (Fsp3) is 0.316. The van der Waals surface area contributed by atoms with Crippen LogP contribution in [0.2, 0.25) is 0 Å². The molecule has 1 fully saturated rings. The summed E-state index contributed by atoms with van der Waals surface area (Å²) < 4.78 is 5.38. The van der Waals surface area contributed by atoms with Gasteiger partial charge in [0.1, 0.15) is 5.75 Å². The standard InChI is InChI=1S/C19H20N4O2/c1-23-18(24)9-16(19(23)14-4-3-7-21-11-14)22-12-15-8-13(10-20)5-6-17(15)25-2/h3-8,11,16,19,22H,9,12H2,1-2H3/t16-,19+/m1/s1. The van der Waals surface area contributed by atoms with Crippen LogP contribution in [0, 0.1) is 11.3 Å². The van der Waals surface area contributed by atoms with Crippen LogP contribution in [-0.2, 0) is 11.3 Å². The first-order valence-electron chi connectivity index (χ1n) is 8.10. The van der Waals surface area contributed by atoms with E-state index in [4.69, 9.17) is 10.00 Å². The maximum absolute atomic E-state index is 12.2. The molecule has 25 heavy (non-hydrogen) atoms. The van der Waals surface area contributed by atoms with Gasteiger partial charge in [-0.25, -0.2) is 0 Å². The highest BCUT2D eigenvalue weighted by Crippen LogP contribution is 2.32. The molecule has 2 aromatic rings. The molecule has 1 N–H and O–H groups in total. The maximum Gasteiger partial charge on any atom is 0.224 e. The lowest BCUT2D eigenvalue weighted by atomic mass is 10.0. The molecule has 1 aliphatic heterocycles. The molecule has 0 unspecified atom stereocenters. The number of ether oxygens (including phenoxy) is 1. The number of hydrogen-bond donors (Lipinski definition) is 1. The second-order valence-electron chi connectivity index (χ2n) is 6.07. The molecule has 2 heterocycles. The maximum atomic E-state index is 12.2. The van der Waals surface area contributed by atoms with Crippen molar-refractivity contribution in [3.8, 4) is 11.8 Å². The third kappa shape index (κ3) is 3.47. The summed E-state index contributed by atoms with van der Waals surface area (Å²) in [6.45, 7) is 0.515. The Kier molecular flexibility index (Phi) is 4.96. The largest absolute Gasteiger partial charge is 0.496 e. The molecule has 128 valence electrons.